The maximum atomic E-state index is 13.0. The summed E-state index contributed by atoms with van der Waals surface area (Å²) in [5.41, 5.74) is 6.05. The number of benzene rings is 1. The van der Waals surface area contributed by atoms with Gasteiger partial charge in [0, 0.05) is 38.1 Å². The van der Waals surface area contributed by atoms with Crippen LogP contribution in [-0.2, 0) is 6.18 Å². The summed E-state index contributed by atoms with van der Waals surface area (Å²) in [4.78, 5) is 17.0. The summed E-state index contributed by atoms with van der Waals surface area (Å²) >= 11 is 0. The van der Waals surface area contributed by atoms with Crippen LogP contribution in [0.25, 0.3) is 0 Å². The minimum absolute atomic E-state index is 0.251. The Morgan fingerprint density at radius 3 is 2.37 bits per heavy atom. The second-order valence-corrected chi connectivity index (χ2v) is 6.83. The van der Waals surface area contributed by atoms with E-state index >= 15 is 0 Å². The molecule has 0 amide bonds. The summed E-state index contributed by atoms with van der Waals surface area (Å²) in [6.07, 6.45) is -1.31. The standard InChI is InChI=1S/C20H20F3N7/c21-20(22,23)14-4-3-5-15(12-14)28-18-17(24)19(27-13-26-18)30-10-8-29(9-11-30)16-6-1-2-7-25-16/h1-7,12-13H,8-11,24H2,(H,26,27,28). The van der Waals surface area contributed by atoms with Crippen molar-refractivity contribution < 1.29 is 13.2 Å². The van der Waals surface area contributed by atoms with E-state index in [1.165, 1.54) is 18.5 Å². The van der Waals surface area contributed by atoms with Gasteiger partial charge in [-0.25, -0.2) is 15.0 Å². The Morgan fingerprint density at radius 2 is 1.67 bits per heavy atom. The minimum Gasteiger partial charge on any atom is -0.393 e. The first-order chi connectivity index (χ1) is 14.4. The van der Waals surface area contributed by atoms with Crippen molar-refractivity contribution in [2.24, 2.45) is 0 Å². The highest BCUT2D eigenvalue weighted by atomic mass is 19.4. The van der Waals surface area contributed by atoms with Crippen molar-refractivity contribution in [3.8, 4) is 0 Å². The number of nitrogens with zero attached hydrogens (tertiary/aromatic N) is 5. The van der Waals surface area contributed by atoms with Gasteiger partial charge in [-0.3, -0.25) is 0 Å². The van der Waals surface area contributed by atoms with Gasteiger partial charge in [-0.15, -0.1) is 0 Å². The molecule has 0 unspecified atom stereocenters. The SMILES string of the molecule is Nc1c(Nc2cccc(C(F)(F)F)c2)ncnc1N1CCN(c2ccccn2)CC1. The molecule has 0 bridgehead atoms. The fraction of sp³-hybridized carbons (Fsp3) is 0.250. The van der Waals surface area contributed by atoms with Crippen LogP contribution in [0.4, 0.5) is 42.0 Å². The third-order valence-corrected chi connectivity index (χ3v) is 4.87. The van der Waals surface area contributed by atoms with Gasteiger partial charge in [0.1, 0.15) is 17.8 Å². The summed E-state index contributed by atoms with van der Waals surface area (Å²) in [7, 11) is 0. The predicted molar refractivity (Wildman–Crippen MR) is 110 cm³/mol. The molecule has 2 aromatic heterocycles. The summed E-state index contributed by atoms with van der Waals surface area (Å²) in [6.45, 7) is 2.86. The first-order valence-electron chi connectivity index (χ1n) is 9.37. The number of rotatable bonds is 4. The number of nitrogen functional groups attached to an aromatic ring is 1. The highest BCUT2D eigenvalue weighted by Crippen LogP contribution is 2.33. The monoisotopic (exact) mass is 415 g/mol. The number of aromatic nitrogens is 3. The maximum Gasteiger partial charge on any atom is 0.416 e. The van der Waals surface area contributed by atoms with Crippen LogP contribution in [0.15, 0.2) is 55.0 Å². The van der Waals surface area contributed by atoms with E-state index in [1.807, 2.05) is 23.1 Å². The Hall–Kier alpha value is -3.56. The van der Waals surface area contributed by atoms with Gasteiger partial charge in [0.15, 0.2) is 11.6 Å². The van der Waals surface area contributed by atoms with Gasteiger partial charge < -0.3 is 20.9 Å². The molecule has 10 heteroatoms. The Balaban J connectivity index is 1.49. The molecule has 0 aliphatic carbocycles. The molecular weight excluding hydrogens is 395 g/mol. The van der Waals surface area contributed by atoms with E-state index in [2.05, 4.69) is 25.2 Å². The molecule has 0 atom stereocenters. The molecule has 30 heavy (non-hydrogen) atoms. The van der Waals surface area contributed by atoms with Crippen LogP contribution in [0.2, 0.25) is 0 Å². The zero-order valence-corrected chi connectivity index (χ0v) is 16.0. The molecule has 0 spiro atoms. The molecule has 3 heterocycles. The van der Waals surface area contributed by atoms with Crippen molar-refractivity contribution in [1.82, 2.24) is 15.0 Å². The zero-order valence-electron chi connectivity index (χ0n) is 16.0. The second kappa shape index (κ2) is 8.05. The van der Waals surface area contributed by atoms with Gasteiger partial charge in [0.2, 0.25) is 0 Å². The fourth-order valence-electron chi connectivity index (χ4n) is 3.34. The van der Waals surface area contributed by atoms with Gasteiger partial charge in [-0.1, -0.05) is 12.1 Å². The molecule has 0 saturated carbocycles. The molecular formula is C20H20F3N7. The molecule has 4 rings (SSSR count). The van der Waals surface area contributed by atoms with Gasteiger partial charge in [0.05, 0.1) is 5.56 Å². The molecule has 0 radical (unpaired) electrons. The number of alkyl halides is 3. The minimum atomic E-state index is -4.42. The maximum absolute atomic E-state index is 13.0. The van der Waals surface area contributed by atoms with Crippen LogP contribution in [0.5, 0.6) is 0 Å². The molecule has 3 N–H and O–H groups in total. The Bertz CT molecular complexity index is 1000. The van der Waals surface area contributed by atoms with Crippen molar-refractivity contribution in [1.29, 1.82) is 0 Å². The quantitative estimate of drug-likeness (QED) is 0.674. The zero-order chi connectivity index (χ0) is 21.1. The van der Waals surface area contributed by atoms with E-state index in [9.17, 15) is 13.2 Å². The largest absolute Gasteiger partial charge is 0.416 e. The second-order valence-electron chi connectivity index (χ2n) is 6.83. The third kappa shape index (κ3) is 4.22. The first-order valence-corrected chi connectivity index (χ1v) is 9.37. The van der Waals surface area contributed by atoms with Crippen molar-refractivity contribution in [2.45, 2.75) is 6.18 Å². The smallest absolute Gasteiger partial charge is 0.393 e. The van der Waals surface area contributed by atoms with Crippen LogP contribution >= 0.6 is 0 Å². The summed E-state index contributed by atoms with van der Waals surface area (Å²) in [5.74, 6) is 1.74. The van der Waals surface area contributed by atoms with E-state index in [0.29, 0.717) is 24.6 Å². The van der Waals surface area contributed by atoms with Crippen molar-refractivity contribution in [2.75, 3.05) is 47.0 Å². The number of piperazine rings is 1. The van der Waals surface area contributed by atoms with Gasteiger partial charge in [-0.05, 0) is 30.3 Å². The number of nitrogens with one attached hydrogen (secondary N) is 1. The number of nitrogens with two attached hydrogens (primary N) is 1. The lowest BCUT2D eigenvalue weighted by atomic mass is 10.2. The highest BCUT2D eigenvalue weighted by Gasteiger charge is 2.30. The number of hydrogen-bond donors (Lipinski definition) is 2. The summed E-state index contributed by atoms with van der Waals surface area (Å²) in [6, 6.07) is 10.7. The number of pyridine rings is 1. The molecule has 1 aliphatic rings. The van der Waals surface area contributed by atoms with Crippen molar-refractivity contribution in [3.63, 3.8) is 0 Å². The normalized spacial score (nSPS) is 14.6. The Labute approximate surface area is 171 Å². The fourth-order valence-corrected chi connectivity index (χ4v) is 3.34. The van der Waals surface area contributed by atoms with Gasteiger partial charge >= 0.3 is 6.18 Å². The lowest BCUT2D eigenvalue weighted by molar-refractivity contribution is -0.137. The molecule has 7 nitrogen and oxygen atoms in total. The number of halogens is 3. The molecule has 1 fully saturated rings. The van der Waals surface area contributed by atoms with E-state index in [-0.39, 0.29) is 11.5 Å². The third-order valence-electron chi connectivity index (χ3n) is 4.87. The van der Waals surface area contributed by atoms with Crippen LogP contribution in [0.3, 0.4) is 0 Å². The van der Waals surface area contributed by atoms with E-state index in [4.69, 9.17) is 5.73 Å². The van der Waals surface area contributed by atoms with E-state index in [1.54, 1.807) is 6.20 Å². The highest BCUT2D eigenvalue weighted by molar-refractivity contribution is 5.78. The van der Waals surface area contributed by atoms with Crippen LogP contribution in [0.1, 0.15) is 5.56 Å². The number of hydrogen-bond acceptors (Lipinski definition) is 7. The molecule has 1 aromatic carbocycles. The van der Waals surface area contributed by atoms with Crippen molar-refractivity contribution in [3.05, 3.63) is 60.6 Å². The Morgan fingerprint density at radius 1 is 0.900 bits per heavy atom. The van der Waals surface area contributed by atoms with E-state index < -0.39 is 11.7 Å². The van der Waals surface area contributed by atoms with E-state index in [0.717, 1.165) is 31.0 Å². The van der Waals surface area contributed by atoms with Gasteiger partial charge in [-0.2, -0.15) is 13.2 Å². The number of anilines is 5. The average molecular weight is 415 g/mol. The molecule has 3 aromatic rings. The lowest BCUT2D eigenvalue weighted by Gasteiger charge is -2.36. The van der Waals surface area contributed by atoms with Gasteiger partial charge in [0.25, 0.3) is 0 Å². The summed E-state index contributed by atoms with van der Waals surface area (Å²) in [5, 5.41) is 2.88. The topological polar surface area (TPSA) is 83.2 Å². The molecule has 1 saturated heterocycles. The lowest BCUT2D eigenvalue weighted by Crippen LogP contribution is -2.47. The first kappa shape index (κ1) is 19.7. The van der Waals surface area contributed by atoms with Crippen molar-refractivity contribution >= 4 is 28.8 Å². The molecule has 156 valence electrons. The summed E-state index contributed by atoms with van der Waals surface area (Å²) < 4.78 is 38.9. The Kier molecular flexibility index (Phi) is 5.30. The van der Waals surface area contributed by atoms with Crippen LogP contribution in [-0.4, -0.2) is 41.1 Å². The van der Waals surface area contributed by atoms with Crippen LogP contribution < -0.4 is 20.9 Å². The van der Waals surface area contributed by atoms with Crippen LogP contribution in [0, 0.1) is 0 Å². The molecule has 1 aliphatic heterocycles. The average Bonchev–Trinajstić information content (AvgIpc) is 2.76. The predicted octanol–water partition coefficient (Wildman–Crippen LogP) is 3.54.